The predicted octanol–water partition coefficient (Wildman–Crippen LogP) is -0.610. The van der Waals surface area contributed by atoms with Gasteiger partial charge in [0.15, 0.2) is 0 Å². The lowest BCUT2D eigenvalue weighted by molar-refractivity contribution is 0.0655. The number of aryl methyl sites for hydroxylation is 1. The van der Waals surface area contributed by atoms with Crippen molar-refractivity contribution in [3.8, 4) is 0 Å². The topological polar surface area (TPSA) is 114 Å². The van der Waals surface area contributed by atoms with Crippen molar-refractivity contribution < 1.29 is 18.0 Å². The molecule has 0 spiro atoms. The fourth-order valence-corrected chi connectivity index (χ4v) is 3.23. The highest BCUT2D eigenvalue weighted by Gasteiger charge is 2.36. The lowest BCUT2D eigenvalue weighted by Gasteiger charge is -2.13. The van der Waals surface area contributed by atoms with Gasteiger partial charge in [0.25, 0.3) is 11.8 Å². The minimum absolute atomic E-state index is 0.0176. The summed E-state index contributed by atoms with van der Waals surface area (Å²) in [7, 11) is -2.13. The molecular weight excluding hydrogens is 322 g/mol. The van der Waals surface area contributed by atoms with E-state index in [0.717, 1.165) is 4.90 Å². The van der Waals surface area contributed by atoms with E-state index in [1.54, 1.807) is 13.1 Å². The molecule has 9 nitrogen and oxygen atoms in total. The molecule has 0 saturated carbocycles. The highest BCUT2D eigenvalue weighted by atomic mass is 32.2. The van der Waals surface area contributed by atoms with E-state index in [2.05, 4.69) is 14.8 Å². The van der Waals surface area contributed by atoms with Crippen molar-refractivity contribution >= 4 is 21.8 Å². The Bertz CT molecular complexity index is 854. The Balaban J connectivity index is 1.66. The standard InChI is InChI=1S/C13H13N5O4S/c1-17-8-9(7-15-17)23(21,22)16-5-6-18-12(19)10-3-2-4-14-11(10)13(18)20/h2-4,7-8,16H,5-6H2,1H3. The van der Waals surface area contributed by atoms with Gasteiger partial charge < -0.3 is 0 Å². The highest BCUT2D eigenvalue weighted by Crippen LogP contribution is 2.19. The van der Waals surface area contributed by atoms with Gasteiger partial charge in [-0.15, -0.1) is 0 Å². The van der Waals surface area contributed by atoms with Gasteiger partial charge in [-0.2, -0.15) is 5.10 Å². The molecule has 10 heteroatoms. The molecule has 120 valence electrons. The van der Waals surface area contributed by atoms with E-state index in [9.17, 15) is 18.0 Å². The second-order valence-corrected chi connectivity index (χ2v) is 6.68. The maximum absolute atomic E-state index is 12.1. The van der Waals surface area contributed by atoms with E-state index in [4.69, 9.17) is 0 Å². The van der Waals surface area contributed by atoms with Crippen molar-refractivity contribution in [1.29, 1.82) is 0 Å². The summed E-state index contributed by atoms with van der Waals surface area (Å²) in [5.41, 5.74) is 0.320. The van der Waals surface area contributed by atoms with Crippen molar-refractivity contribution in [2.75, 3.05) is 13.1 Å². The molecule has 2 aromatic heterocycles. The van der Waals surface area contributed by atoms with Crippen LogP contribution in [0.15, 0.2) is 35.6 Å². The monoisotopic (exact) mass is 335 g/mol. The van der Waals surface area contributed by atoms with E-state index in [-0.39, 0.29) is 29.2 Å². The first-order valence-electron chi connectivity index (χ1n) is 6.69. The summed E-state index contributed by atoms with van der Waals surface area (Å²) >= 11 is 0. The number of pyridine rings is 1. The third-order valence-electron chi connectivity index (χ3n) is 3.35. The van der Waals surface area contributed by atoms with Crippen LogP contribution in [0.25, 0.3) is 0 Å². The molecule has 0 radical (unpaired) electrons. The maximum atomic E-state index is 12.1. The van der Waals surface area contributed by atoms with Crippen LogP contribution < -0.4 is 4.72 Å². The van der Waals surface area contributed by atoms with E-state index in [1.807, 2.05) is 0 Å². The van der Waals surface area contributed by atoms with E-state index >= 15 is 0 Å². The fourth-order valence-electron chi connectivity index (χ4n) is 2.23. The summed E-state index contributed by atoms with van der Waals surface area (Å²) < 4.78 is 27.8. The van der Waals surface area contributed by atoms with Crippen LogP contribution in [0, 0.1) is 0 Å². The molecule has 1 aliphatic rings. The zero-order chi connectivity index (χ0) is 16.6. The minimum Gasteiger partial charge on any atom is -0.274 e. The molecule has 0 aromatic carbocycles. The molecule has 1 N–H and O–H groups in total. The van der Waals surface area contributed by atoms with Gasteiger partial charge in [0.1, 0.15) is 10.6 Å². The smallest absolute Gasteiger partial charge is 0.274 e. The van der Waals surface area contributed by atoms with Crippen LogP contribution in [-0.2, 0) is 17.1 Å². The normalized spacial score (nSPS) is 14.4. The number of nitrogens with one attached hydrogen (secondary N) is 1. The molecule has 0 atom stereocenters. The fraction of sp³-hybridized carbons (Fsp3) is 0.231. The third kappa shape index (κ3) is 2.73. The van der Waals surface area contributed by atoms with Gasteiger partial charge in [-0.1, -0.05) is 0 Å². The lowest BCUT2D eigenvalue weighted by atomic mass is 10.2. The van der Waals surface area contributed by atoms with Crippen molar-refractivity contribution in [2.24, 2.45) is 7.05 Å². The Hall–Kier alpha value is -2.59. The number of rotatable bonds is 5. The van der Waals surface area contributed by atoms with Gasteiger partial charge in [0, 0.05) is 32.5 Å². The quantitative estimate of drug-likeness (QED) is 0.729. The number of nitrogens with zero attached hydrogens (tertiary/aromatic N) is 4. The molecule has 0 saturated heterocycles. The van der Waals surface area contributed by atoms with Crippen molar-refractivity contribution in [3.05, 3.63) is 42.0 Å². The first-order valence-corrected chi connectivity index (χ1v) is 8.18. The van der Waals surface area contributed by atoms with Crippen LogP contribution in [0.5, 0.6) is 0 Å². The molecule has 3 rings (SSSR count). The number of imide groups is 1. The molecule has 2 amide bonds. The Morgan fingerprint density at radius 3 is 2.70 bits per heavy atom. The summed E-state index contributed by atoms with van der Waals surface area (Å²) in [6.07, 6.45) is 4.00. The molecule has 2 aromatic rings. The number of carbonyl (C=O) groups is 2. The number of carbonyl (C=O) groups excluding carboxylic acids is 2. The number of aromatic nitrogens is 3. The minimum atomic E-state index is -3.73. The molecule has 0 aliphatic carbocycles. The molecule has 1 aliphatic heterocycles. The number of hydrogen-bond acceptors (Lipinski definition) is 6. The average Bonchev–Trinajstić information content (AvgIpc) is 3.06. The van der Waals surface area contributed by atoms with Gasteiger partial charge >= 0.3 is 0 Å². The highest BCUT2D eigenvalue weighted by molar-refractivity contribution is 7.89. The maximum Gasteiger partial charge on any atom is 0.280 e. The molecule has 23 heavy (non-hydrogen) atoms. The zero-order valence-electron chi connectivity index (χ0n) is 12.1. The van der Waals surface area contributed by atoms with Gasteiger partial charge in [0.2, 0.25) is 10.0 Å². The van der Waals surface area contributed by atoms with Crippen molar-refractivity contribution in [2.45, 2.75) is 4.90 Å². The van der Waals surface area contributed by atoms with Crippen LogP contribution >= 0.6 is 0 Å². The Morgan fingerprint density at radius 2 is 2.04 bits per heavy atom. The molecular formula is C13H13N5O4S. The van der Waals surface area contributed by atoms with Gasteiger partial charge in [-0.3, -0.25) is 24.2 Å². The molecule has 3 heterocycles. The summed E-state index contributed by atoms with van der Waals surface area (Å²) in [5.74, 6) is -0.996. The van der Waals surface area contributed by atoms with Crippen LogP contribution in [0.2, 0.25) is 0 Å². The first kappa shape index (κ1) is 15.3. The number of fused-ring (bicyclic) bond motifs is 1. The largest absolute Gasteiger partial charge is 0.280 e. The zero-order valence-corrected chi connectivity index (χ0v) is 12.9. The Morgan fingerprint density at radius 1 is 1.26 bits per heavy atom. The van der Waals surface area contributed by atoms with Gasteiger partial charge in [0.05, 0.1) is 11.8 Å². The average molecular weight is 335 g/mol. The van der Waals surface area contributed by atoms with Gasteiger partial charge in [-0.05, 0) is 12.1 Å². The Kier molecular flexibility index (Phi) is 3.70. The second kappa shape index (κ2) is 5.56. The SMILES string of the molecule is Cn1cc(S(=O)(=O)NCCN2C(=O)c3cccnc3C2=O)cn1. The molecule has 0 fully saturated rings. The van der Waals surface area contributed by atoms with E-state index in [1.165, 1.54) is 29.3 Å². The molecule has 0 unspecified atom stereocenters. The predicted molar refractivity (Wildman–Crippen MR) is 78.0 cm³/mol. The van der Waals surface area contributed by atoms with Gasteiger partial charge in [-0.25, -0.2) is 13.1 Å². The molecule has 0 bridgehead atoms. The van der Waals surface area contributed by atoms with Crippen LogP contribution in [-0.4, -0.2) is 53.0 Å². The Labute approximate surface area is 132 Å². The van der Waals surface area contributed by atoms with E-state index in [0.29, 0.717) is 0 Å². The number of amides is 2. The summed E-state index contributed by atoms with van der Waals surface area (Å²) in [5, 5.41) is 3.79. The first-order chi connectivity index (χ1) is 10.9. The number of sulfonamides is 1. The second-order valence-electron chi connectivity index (χ2n) is 4.91. The van der Waals surface area contributed by atoms with Crippen molar-refractivity contribution in [1.82, 2.24) is 24.4 Å². The summed E-state index contributed by atoms with van der Waals surface area (Å²) in [6.45, 7) is -0.170. The third-order valence-corrected chi connectivity index (χ3v) is 4.77. The van der Waals surface area contributed by atoms with Crippen molar-refractivity contribution in [3.63, 3.8) is 0 Å². The van der Waals surface area contributed by atoms with Crippen LogP contribution in [0.4, 0.5) is 0 Å². The lowest BCUT2D eigenvalue weighted by Crippen LogP contribution is -2.38. The summed E-state index contributed by atoms with van der Waals surface area (Å²) in [4.78, 5) is 29.1. The van der Waals surface area contributed by atoms with Crippen LogP contribution in [0.3, 0.4) is 0 Å². The van der Waals surface area contributed by atoms with Crippen LogP contribution in [0.1, 0.15) is 20.8 Å². The summed E-state index contributed by atoms with van der Waals surface area (Å²) in [6, 6.07) is 3.08. The van der Waals surface area contributed by atoms with E-state index < -0.39 is 21.8 Å². The number of hydrogen-bond donors (Lipinski definition) is 1.